The van der Waals surface area contributed by atoms with Crippen molar-refractivity contribution in [3.63, 3.8) is 0 Å². The van der Waals surface area contributed by atoms with Gasteiger partial charge in [-0.2, -0.15) is 5.11 Å². The summed E-state index contributed by atoms with van der Waals surface area (Å²) in [6.07, 6.45) is 0. The van der Waals surface area contributed by atoms with Gasteiger partial charge in [0.1, 0.15) is 5.69 Å². The summed E-state index contributed by atoms with van der Waals surface area (Å²) in [5.41, 5.74) is 12.3. The van der Waals surface area contributed by atoms with Gasteiger partial charge >= 0.3 is 35.6 Å². The maximum Gasteiger partial charge on any atom is 1.00 e. The van der Waals surface area contributed by atoms with E-state index < -0.39 is 28.2 Å². The summed E-state index contributed by atoms with van der Waals surface area (Å²) < 4.78 is 23.5. The number of carbonyl (C=O) groups is 1. The van der Waals surface area contributed by atoms with E-state index in [-0.39, 0.29) is 40.1 Å². The van der Waals surface area contributed by atoms with Gasteiger partial charge in [0.25, 0.3) is 0 Å². The zero-order valence-corrected chi connectivity index (χ0v) is 16.9. The summed E-state index contributed by atoms with van der Waals surface area (Å²) in [6.45, 7) is -0.691. The number of anilines is 2. The molecule has 2 amide bonds. The molecule has 0 unspecified atom stereocenters. The maximum atomic E-state index is 11.8. The molecule has 0 aliphatic carbocycles. The van der Waals surface area contributed by atoms with Gasteiger partial charge in [-0.3, -0.25) is 0 Å². The molecule has 2 aromatic rings. The Morgan fingerprint density at radius 1 is 1.12 bits per heavy atom. The number of nitrogens with one attached hydrogen (secondary N) is 1. The van der Waals surface area contributed by atoms with Crippen LogP contribution in [0.4, 0.5) is 27.5 Å². The number of urea groups is 1. The number of azo groups is 1. The van der Waals surface area contributed by atoms with Crippen molar-refractivity contribution in [3.8, 4) is 0 Å². The number of sulfone groups is 1. The van der Waals surface area contributed by atoms with Crippen LogP contribution in [0.5, 0.6) is 0 Å². The van der Waals surface area contributed by atoms with Crippen LogP contribution in [0, 0.1) is 0 Å². The molecule has 0 bridgehead atoms. The Morgan fingerprint density at radius 3 is 2.31 bits per heavy atom. The molecule has 0 aliphatic heterocycles. The van der Waals surface area contributed by atoms with Crippen LogP contribution in [0.25, 0.3) is 0 Å². The Hall–Kier alpha value is -1.98. The SMILES string of the molecule is NC(=O)Nc1ccc(N=Nc2ccc(S(=O)(=O)CC[O-])cc2)c(N)c1.[Na+]. The van der Waals surface area contributed by atoms with Gasteiger partial charge in [-0.25, -0.2) is 13.2 Å². The summed E-state index contributed by atoms with van der Waals surface area (Å²) in [6, 6.07) is 9.57. The first-order valence-electron chi connectivity index (χ1n) is 7.10. The number of amides is 2. The van der Waals surface area contributed by atoms with Gasteiger partial charge in [0.05, 0.1) is 16.3 Å². The smallest absolute Gasteiger partial charge is 0.854 e. The molecule has 0 saturated carbocycles. The molecule has 0 spiro atoms. The van der Waals surface area contributed by atoms with Crippen LogP contribution >= 0.6 is 0 Å². The molecule has 132 valence electrons. The number of nitrogens with two attached hydrogens (primary N) is 2. The molecular weight excluding hydrogens is 369 g/mol. The van der Waals surface area contributed by atoms with E-state index in [2.05, 4.69) is 15.5 Å². The molecule has 2 rings (SSSR count). The first kappa shape index (κ1) is 22.1. The van der Waals surface area contributed by atoms with Crippen molar-refractivity contribution in [2.75, 3.05) is 23.4 Å². The van der Waals surface area contributed by atoms with E-state index in [9.17, 15) is 18.3 Å². The average Bonchev–Trinajstić information content (AvgIpc) is 2.54. The molecule has 0 atom stereocenters. The Labute approximate surface area is 172 Å². The van der Waals surface area contributed by atoms with Gasteiger partial charge < -0.3 is 21.9 Å². The summed E-state index contributed by atoms with van der Waals surface area (Å²) >= 11 is 0. The standard InChI is InChI=1S/C15H16N5O4S.Na/c16-13-9-11(18-15(17)22)3-6-14(13)20-19-10-1-4-12(5-2-10)25(23,24)8-7-21;/h1-6,9H,7-8,16H2,(H3,17,18,22);/q-1;+1. The van der Waals surface area contributed by atoms with E-state index in [0.29, 0.717) is 17.1 Å². The van der Waals surface area contributed by atoms with Crippen LogP contribution in [0.3, 0.4) is 0 Å². The van der Waals surface area contributed by atoms with Crippen molar-refractivity contribution in [3.05, 3.63) is 42.5 Å². The summed E-state index contributed by atoms with van der Waals surface area (Å²) in [7, 11) is -3.57. The second-order valence-corrected chi connectivity index (χ2v) is 7.09. The van der Waals surface area contributed by atoms with Gasteiger partial charge in [-0.1, -0.05) is 0 Å². The Balaban J connectivity index is 0.00000338. The molecule has 2 aromatic carbocycles. The summed E-state index contributed by atoms with van der Waals surface area (Å²) in [5, 5.41) is 20.8. The van der Waals surface area contributed by atoms with Gasteiger partial charge in [-0.05, 0) is 42.5 Å². The zero-order valence-electron chi connectivity index (χ0n) is 14.0. The molecule has 0 fully saturated rings. The van der Waals surface area contributed by atoms with E-state index in [1.165, 1.54) is 30.3 Å². The molecule has 0 radical (unpaired) electrons. The van der Waals surface area contributed by atoms with Gasteiger partial charge in [0, 0.05) is 11.4 Å². The van der Waals surface area contributed by atoms with Gasteiger partial charge in [0.15, 0.2) is 9.84 Å². The fourth-order valence-corrected chi connectivity index (χ4v) is 2.93. The fraction of sp³-hybridized carbons (Fsp3) is 0.133. The van der Waals surface area contributed by atoms with Crippen LogP contribution in [0.15, 0.2) is 57.6 Å². The first-order chi connectivity index (χ1) is 11.8. The van der Waals surface area contributed by atoms with Crippen LogP contribution < -0.4 is 51.4 Å². The van der Waals surface area contributed by atoms with Crippen molar-refractivity contribution < 1.29 is 47.9 Å². The molecule has 0 heterocycles. The minimum atomic E-state index is -3.57. The number of hydrogen-bond acceptors (Lipinski definition) is 7. The third kappa shape index (κ3) is 6.07. The third-order valence-electron chi connectivity index (χ3n) is 3.12. The second-order valence-electron chi connectivity index (χ2n) is 4.98. The number of hydrogen-bond donors (Lipinski definition) is 3. The predicted octanol–water partition coefficient (Wildman–Crippen LogP) is -1.69. The van der Waals surface area contributed by atoms with Crippen LogP contribution in [-0.4, -0.2) is 26.8 Å². The van der Waals surface area contributed by atoms with Gasteiger partial charge in [0.2, 0.25) is 0 Å². The molecule has 5 N–H and O–H groups in total. The molecule has 0 aliphatic rings. The Bertz CT molecular complexity index is 901. The van der Waals surface area contributed by atoms with Crippen molar-refractivity contribution >= 4 is 38.6 Å². The van der Waals surface area contributed by atoms with Gasteiger partial charge in [-0.15, -0.1) is 11.7 Å². The van der Waals surface area contributed by atoms with Crippen molar-refractivity contribution in [1.29, 1.82) is 0 Å². The Morgan fingerprint density at radius 2 is 1.77 bits per heavy atom. The van der Waals surface area contributed by atoms with Crippen molar-refractivity contribution in [1.82, 2.24) is 0 Å². The van der Waals surface area contributed by atoms with E-state index in [0.717, 1.165) is 0 Å². The number of carbonyl (C=O) groups excluding carboxylic acids is 1. The number of nitrogens with zero attached hydrogens (tertiary/aromatic N) is 2. The zero-order chi connectivity index (χ0) is 18.4. The number of benzene rings is 2. The predicted molar refractivity (Wildman–Crippen MR) is 91.6 cm³/mol. The average molecular weight is 385 g/mol. The normalized spacial score (nSPS) is 11.1. The molecule has 11 heteroatoms. The minimum absolute atomic E-state index is 0. The Kier molecular flexibility index (Phi) is 8.18. The molecule has 0 aromatic heterocycles. The number of rotatable bonds is 6. The van der Waals surface area contributed by atoms with E-state index in [4.69, 9.17) is 11.5 Å². The quantitative estimate of drug-likeness (QED) is 0.306. The molecule has 26 heavy (non-hydrogen) atoms. The topological polar surface area (TPSA) is 163 Å². The second kappa shape index (κ2) is 9.64. The third-order valence-corrected chi connectivity index (χ3v) is 4.81. The van der Waals surface area contributed by atoms with E-state index >= 15 is 0 Å². The molecule has 9 nitrogen and oxygen atoms in total. The van der Waals surface area contributed by atoms with Crippen LogP contribution in [0.1, 0.15) is 0 Å². The van der Waals surface area contributed by atoms with E-state index in [1.54, 1.807) is 12.1 Å². The van der Waals surface area contributed by atoms with E-state index in [1.807, 2.05) is 0 Å². The maximum absolute atomic E-state index is 11.8. The summed E-state index contributed by atoms with van der Waals surface area (Å²) in [4.78, 5) is 10.8. The largest absolute Gasteiger partial charge is 1.00 e. The number of nitrogen functional groups attached to an aromatic ring is 1. The summed E-state index contributed by atoms with van der Waals surface area (Å²) in [5.74, 6) is -0.448. The minimum Gasteiger partial charge on any atom is -0.854 e. The molecule has 0 saturated heterocycles. The fourth-order valence-electron chi connectivity index (χ4n) is 1.92. The van der Waals surface area contributed by atoms with Crippen molar-refractivity contribution in [2.45, 2.75) is 4.90 Å². The number of primary amides is 1. The first-order valence-corrected chi connectivity index (χ1v) is 8.76. The van der Waals surface area contributed by atoms with Crippen molar-refractivity contribution in [2.24, 2.45) is 16.0 Å². The monoisotopic (exact) mass is 385 g/mol. The van der Waals surface area contributed by atoms with Crippen LogP contribution in [-0.2, 0) is 9.84 Å². The van der Waals surface area contributed by atoms with Crippen LogP contribution in [0.2, 0.25) is 0 Å². The molecular formula is C15H16N5NaO4S.